The van der Waals surface area contributed by atoms with E-state index in [9.17, 15) is 0 Å². The van der Waals surface area contributed by atoms with Gasteiger partial charge in [0.2, 0.25) is 0 Å². The van der Waals surface area contributed by atoms with Crippen molar-refractivity contribution in [1.29, 1.82) is 0 Å². The summed E-state index contributed by atoms with van der Waals surface area (Å²) in [6.07, 6.45) is 1.56. The summed E-state index contributed by atoms with van der Waals surface area (Å²) in [6.45, 7) is 5.04. The van der Waals surface area contributed by atoms with Gasteiger partial charge in [-0.2, -0.15) is 0 Å². The lowest BCUT2D eigenvalue weighted by molar-refractivity contribution is 0.278. The van der Waals surface area contributed by atoms with Gasteiger partial charge >= 0.3 is 0 Å². The maximum absolute atomic E-state index is 5.27. The summed E-state index contributed by atoms with van der Waals surface area (Å²) in [5.74, 6) is 1.19. The van der Waals surface area contributed by atoms with Crippen LogP contribution in [-0.4, -0.2) is 18.2 Å². The number of ether oxygens (including phenoxy) is 2. The van der Waals surface area contributed by atoms with Gasteiger partial charge in [0.15, 0.2) is 5.75 Å². The molecule has 0 N–H and O–H groups in total. The van der Waals surface area contributed by atoms with E-state index in [0.717, 1.165) is 0 Å². The smallest absolute Gasteiger partial charge is 0.257 e. The van der Waals surface area contributed by atoms with Crippen molar-refractivity contribution < 1.29 is 9.47 Å². The van der Waals surface area contributed by atoms with E-state index in [4.69, 9.17) is 9.47 Å². The number of nitrogens with zero attached hydrogens (tertiary/aromatic N) is 1. The van der Waals surface area contributed by atoms with E-state index in [1.807, 2.05) is 13.8 Å². The van der Waals surface area contributed by atoms with Gasteiger partial charge in [0.1, 0.15) is 0 Å². The Hall–Kier alpha value is -1.25. The second-order valence-corrected chi connectivity index (χ2v) is 2.10. The number of aromatic nitrogens is 1. The van der Waals surface area contributed by atoms with Gasteiger partial charge in [0.05, 0.1) is 13.2 Å². The summed E-state index contributed by atoms with van der Waals surface area (Å²) >= 11 is 0. The van der Waals surface area contributed by atoms with Crippen LogP contribution < -0.4 is 9.47 Å². The molecule has 0 saturated carbocycles. The minimum atomic E-state index is 0.540. The summed E-state index contributed by atoms with van der Waals surface area (Å²) in [6, 6.07) is 4.55. The van der Waals surface area contributed by atoms with Gasteiger partial charge < -0.3 is 9.47 Å². The van der Waals surface area contributed by atoms with Gasteiger partial charge in [0.25, 0.3) is 5.88 Å². The zero-order chi connectivity index (χ0) is 8.81. The van der Waals surface area contributed by atoms with E-state index in [2.05, 4.69) is 11.1 Å². The van der Waals surface area contributed by atoms with Crippen LogP contribution in [0, 0.1) is 6.07 Å². The van der Waals surface area contributed by atoms with Crippen LogP contribution in [-0.2, 0) is 0 Å². The fourth-order valence-electron chi connectivity index (χ4n) is 0.838. The van der Waals surface area contributed by atoms with Crippen molar-refractivity contribution in [1.82, 2.24) is 4.98 Å². The number of hydrogen-bond donors (Lipinski definition) is 0. The number of hydrogen-bond acceptors (Lipinski definition) is 3. The van der Waals surface area contributed by atoms with Crippen LogP contribution in [0.4, 0.5) is 0 Å². The van der Waals surface area contributed by atoms with Crippen molar-refractivity contribution in [2.24, 2.45) is 0 Å². The first kappa shape index (κ1) is 8.84. The molecule has 65 valence electrons. The fraction of sp³-hybridized carbons (Fsp3) is 0.444. The lowest BCUT2D eigenvalue weighted by Crippen LogP contribution is -1.99. The summed E-state index contributed by atoms with van der Waals surface area (Å²) in [7, 11) is 0. The van der Waals surface area contributed by atoms with Crippen LogP contribution in [0.1, 0.15) is 13.8 Å². The maximum atomic E-state index is 5.27. The zero-order valence-corrected chi connectivity index (χ0v) is 7.33. The van der Waals surface area contributed by atoms with Crippen LogP contribution in [0.2, 0.25) is 0 Å². The van der Waals surface area contributed by atoms with Crippen LogP contribution >= 0.6 is 0 Å². The van der Waals surface area contributed by atoms with Crippen molar-refractivity contribution in [3.8, 4) is 11.6 Å². The minimum absolute atomic E-state index is 0.540. The molecule has 0 bridgehead atoms. The molecule has 3 heteroatoms. The topological polar surface area (TPSA) is 31.4 Å². The third-order valence-electron chi connectivity index (χ3n) is 1.26. The van der Waals surface area contributed by atoms with Crippen LogP contribution in [0.15, 0.2) is 12.3 Å². The summed E-state index contributed by atoms with van der Waals surface area (Å²) in [5.41, 5.74) is 0. The standard InChI is InChI=1S/C9H12NO2/c1-3-11-8-6-5-7-10-9(8)12-4-2/h6-7H,3-4H2,1-2H3. The second kappa shape index (κ2) is 4.59. The largest absolute Gasteiger partial charge is 0.488 e. The molecule has 0 aromatic carbocycles. The van der Waals surface area contributed by atoms with Gasteiger partial charge in [-0.05, 0) is 19.9 Å². The molecule has 12 heavy (non-hydrogen) atoms. The van der Waals surface area contributed by atoms with Crippen LogP contribution in [0.25, 0.3) is 0 Å². The van der Waals surface area contributed by atoms with E-state index in [-0.39, 0.29) is 0 Å². The molecule has 0 atom stereocenters. The highest BCUT2D eigenvalue weighted by atomic mass is 16.5. The first-order valence-electron chi connectivity index (χ1n) is 4.00. The Morgan fingerprint density at radius 3 is 2.75 bits per heavy atom. The van der Waals surface area contributed by atoms with E-state index >= 15 is 0 Å². The highest BCUT2D eigenvalue weighted by Gasteiger charge is 2.02. The van der Waals surface area contributed by atoms with Crippen LogP contribution in [0.3, 0.4) is 0 Å². The molecule has 1 aromatic rings. The average molecular weight is 166 g/mol. The molecule has 0 saturated heterocycles. The molecular weight excluding hydrogens is 154 g/mol. The van der Waals surface area contributed by atoms with E-state index in [1.54, 1.807) is 12.3 Å². The maximum Gasteiger partial charge on any atom is 0.257 e. The third-order valence-corrected chi connectivity index (χ3v) is 1.26. The Labute approximate surface area is 72.3 Å². The molecule has 1 aromatic heterocycles. The SMILES string of the molecule is CCOc1c[c]cnc1OCC. The van der Waals surface area contributed by atoms with Crippen molar-refractivity contribution in [2.45, 2.75) is 13.8 Å². The van der Waals surface area contributed by atoms with E-state index in [0.29, 0.717) is 24.8 Å². The lowest BCUT2D eigenvalue weighted by Gasteiger charge is -2.07. The molecule has 0 unspecified atom stereocenters. The molecule has 0 aliphatic rings. The van der Waals surface area contributed by atoms with Crippen molar-refractivity contribution >= 4 is 0 Å². The van der Waals surface area contributed by atoms with Crippen molar-refractivity contribution in [2.75, 3.05) is 13.2 Å². The molecule has 0 aliphatic carbocycles. The lowest BCUT2D eigenvalue weighted by atomic mass is 10.4. The van der Waals surface area contributed by atoms with Gasteiger partial charge in [-0.3, -0.25) is 0 Å². The Bertz CT molecular complexity index is 213. The summed E-state index contributed by atoms with van der Waals surface area (Å²) < 4.78 is 10.5. The summed E-state index contributed by atoms with van der Waals surface area (Å²) in [4.78, 5) is 3.98. The first-order valence-corrected chi connectivity index (χ1v) is 4.00. The molecule has 0 spiro atoms. The molecule has 1 radical (unpaired) electrons. The normalized spacial score (nSPS) is 9.50. The van der Waals surface area contributed by atoms with Crippen molar-refractivity contribution in [3.63, 3.8) is 0 Å². The van der Waals surface area contributed by atoms with Gasteiger partial charge in [-0.15, -0.1) is 0 Å². The Kier molecular flexibility index (Phi) is 3.38. The third kappa shape index (κ3) is 2.12. The fourth-order valence-corrected chi connectivity index (χ4v) is 0.838. The molecular formula is C9H12NO2. The monoisotopic (exact) mass is 166 g/mol. The highest BCUT2D eigenvalue weighted by Crippen LogP contribution is 2.22. The number of rotatable bonds is 4. The van der Waals surface area contributed by atoms with Gasteiger partial charge in [-0.25, -0.2) is 4.98 Å². The van der Waals surface area contributed by atoms with E-state index < -0.39 is 0 Å². The predicted octanol–water partition coefficient (Wildman–Crippen LogP) is 1.68. The molecule has 0 amide bonds. The van der Waals surface area contributed by atoms with Gasteiger partial charge in [0, 0.05) is 12.3 Å². The molecule has 1 rings (SSSR count). The first-order chi connectivity index (χ1) is 5.88. The molecule has 3 nitrogen and oxygen atoms in total. The van der Waals surface area contributed by atoms with Crippen LogP contribution in [0.5, 0.6) is 11.6 Å². The quantitative estimate of drug-likeness (QED) is 0.682. The molecule has 0 aliphatic heterocycles. The predicted molar refractivity (Wildman–Crippen MR) is 45.4 cm³/mol. The summed E-state index contributed by atoms with van der Waals surface area (Å²) in [5, 5.41) is 0. The molecule has 1 heterocycles. The van der Waals surface area contributed by atoms with Gasteiger partial charge in [-0.1, -0.05) is 0 Å². The average Bonchev–Trinajstić information content (AvgIpc) is 2.09. The van der Waals surface area contributed by atoms with E-state index in [1.165, 1.54) is 0 Å². The Balaban J connectivity index is 2.77. The highest BCUT2D eigenvalue weighted by molar-refractivity contribution is 5.31. The second-order valence-electron chi connectivity index (χ2n) is 2.10. The Morgan fingerprint density at radius 1 is 1.33 bits per heavy atom. The molecule has 0 fully saturated rings. The van der Waals surface area contributed by atoms with Crippen molar-refractivity contribution in [3.05, 3.63) is 18.3 Å². The minimum Gasteiger partial charge on any atom is -0.488 e. The number of pyridine rings is 1. The Morgan fingerprint density at radius 2 is 2.08 bits per heavy atom. The zero-order valence-electron chi connectivity index (χ0n) is 7.33.